The minimum absolute atomic E-state index is 0.124. The highest BCUT2D eigenvalue weighted by atomic mass is 35.5. The maximum absolute atomic E-state index is 12.7. The fraction of sp³-hybridized carbons (Fsp3) is 0.458. The highest BCUT2D eigenvalue weighted by Gasteiger charge is 2.29. The average molecular weight is 518 g/mol. The number of ether oxygens (including phenoxy) is 2. The number of halogens is 1. The van der Waals surface area contributed by atoms with Crippen LogP contribution < -0.4 is 5.32 Å². The molecule has 1 unspecified atom stereocenters. The lowest BCUT2D eigenvalue weighted by Gasteiger charge is -2.25. The molecule has 1 aromatic carbocycles. The van der Waals surface area contributed by atoms with E-state index >= 15 is 0 Å². The van der Waals surface area contributed by atoms with E-state index in [9.17, 15) is 8.42 Å². The van der Waals surface area contributed by atoms with E-state index in [-0.39, 0.29) is 16.3 Å². The first-order chi connectivity index (χ1) is 16.5. The maximum Gasteiger partial charge on any atom is 0.216 e. The Morgan fingerprint density at radius 1 is 1.17 bits per heavy atom. The molecule has 0 saturated carbocycles. The topological polar surface area (TPSA) is 108 Å². The van der Waals surface area contributed by atoms with E-state index in [1.54, 1.807) is 24.3 Å². The molecule has 0 amide bonds. The summed E-state index contributed by atoms with van der Waals surface area (Å²) in [6, 6.07) is 6.72. The summed E-state index contributed by atoms with van der Waals surface area (Å²) in [7, 11) is -3.59. The van der Waals surface area contributed by atoms with Crippen molar-refractivity contribution >= 4 is 49.9 Å². The van der Waals surface area contributed by atoms with Gasteiger partial charge in [-0.25, -0.2) is 23.4 Å². The van der Waals surface area contributed by atoms with E-state index in [0.29, 0.717) is 47.2 Å². The van der Waals surface area contributed by atoms with Gasteiger partial charge in [-0.15, -0.1) is 0 Å². The lowest BCUT2D eigenvalue weighted by molar-refractivity contribution is -0.0309. The molecule has 1 atom stereocenters. The number of nitrogens with zero attached hydrogens (tertiary/aromatic N) is 4. The molecule has 9 nitrogen and oxygen atoms in total. The van der Waals surface area contributed by atoms with Crippen molar-refractivity contribution < 1.29 is 17.9 Å². The van der Waals surface area contributed by atoms with Crippen molar-refractivity contribution in [1.29, 1.82) is 0 Å². The number of rotatable bonds is 5. The number of nitrogens with one attached hydrogen (secondary N) is 1. The summed E-state index contributed by atoms with van der Waals surface area (Å²) in [5.41, 5.74) is 2.33. The molecule has 11 heteroatoms. The molecular weight excluding hydrogens is 490 g/mol. The molecular formula is C24H28ClN5O4S. The fourth-order valence-electron chi connectivity index (χ4n) is 4.46. The second-order valence-electron chi connectivity index (χ2n) is 9.61. The van der Waals surface area contributed by atoms with E-state index in [1.807, 2.05) is 25.3 Å². The molecule has 2 aromatic heterocycles. The summed E-state index contributed by atoms with van der Waals surface area (Å²) in [6.45, 7) is 6.98. The Morgan fingerprint density at radius 2 is 1.97 bits per heavy atom. The third-order valence-electron chi connectivity index (χ3n) is 6.11. The second-order valence-corrected chi connectivity index (χ2v) is 12.0. The number of aliphatic imine (C=N–C) groups is 1. The number of anilines is 2. The van der Waals surface area contributed by atoms with Gasteiger partial charge in [0.25, 0.3) is 0 Å². The summed E-state index contributed by atoms with van der Waals surface area (Å²) in [5.74, 6) is 1.19. The number of pyridine rings is 1. The molecule has 1 saturated heterocycles. The third kappa shape index (κ3) is 4.74. The number of fused-ring (bicyclic) bond motifs is 1. The summed E-state index contributed by atoms with van der Waals surface area (Å²) in [4.78, 5) is 13.8. The minimum Gasteiger partial charge on any atom is -0.469 e. The fourth-order valence-corrected chi connectivity index (χ4v) is 5.51. The standard InChI is InChI=1S/C24H28ClN5O4S/c1-14-27-21-17(12-19(25)29-22(21)30(14)20-7-5-6-10-33-20)28-16-9-8-15(11-18(16)35(4,31)32)23-26-13-24(2,3)34-23/h8-9,11-12,20H,5-7,10,13H2,1-4H3,(H,28,29). The number of hydrogen-bond acceptors (Lipinski definition) is 8. The molecule has 35 heavy (non-hydrogen) atoms. The predicted octanol–water partition coefficient (Wildman–Crippen LogP) is 4.79. The van der Waals surface area contributed by atoms with Crippen molar-refractivity contribution in [3.63, 3.8) is 0 Å². The summed E-state index contributed by atoms with van der Waals surface area (Å²) in [6.07, 6.45) is 3.97. The van der Waals surface area contributed by atoms with Crippen LogP contribution in [0.15, 0.2) is 34.2 Å². The molecule has 2 aliphatic rings. The number of sulfone groups is 1. The Kier molecular flexibility index (Phi) is 6.01. The van der Waals surface area contributed by atoms with Crippen LogP contribution in [0.1, 0.15) is 50.7 Å². The predicted molar refractivity (Wildman–Crippen MR) is 136 cm³/mol. The van der Waals surface area contributed by atoms with Crippen molar-refractivity contribution in [2.75, 3.05) is 24.7 Å². The minimum atomic E-state index is -3.59. The van der Waals surface area contributed by atoms with E-state index < -0.39 is 15.4 Å². The molecule has 1 N–H and O–H groups in total. The molecule has 0 spiro atoms. The van der Waals surface area contributed by atoms with Gasteiger partial charge in [0.15, 0.2) is 15.5 Å². The zero-order valence-corrected chi connectivity index (χ0v) is 21.7. The van der Waals surface area contributed by atoms with Crippen LogP contribution in [0, 0.1) is 6.92 Å². The van der Waals surface area contributed by atoms with E-state index in [0.717, 1.165) is 25.1 Å². The van der Waals surface area contributed by atoms with Crippen LogP contribution >= 0.6 is 11.6 Å². The number of aryl methyl sites for hydroxylation is 1. The number of hydrogen-bond donors (Lipinski definition) is 1. The molecule has 0 aliphatic carbocycles. The largest absolute Gasteiger partial charge is 0.469 e. The highest BCUT2D eigenvalue weighted by molar-refractivity contribution is 7.90. The third-order valence-corrected chi connectivity index (χ3v) is 7.44. The molecule has 1 fully saturated rings. The van der Waals surface area contributed by atoms with Gasteiger partial charge in [-0.1, -0.05) is 11.6 Å². The van der Waals surface area contributed by atoms with Gasteiger partial charge in [0.05, 0.1) is 22.8 Å². The first kappa shape index (κ1) is 24.0. The Morgan fingerprint density at radius 3 is 2.63 bits per heavy atom. The van der Waals surface area contributed by atoms with Gasteiger partial charge in [0.1, 0.15) is 28.3 Å². The van der Waals surface area contributed by atoms with E-state index in [2.05, 4.69) is 15.3 Å². The van der Waals surface area contributed by atoms with Gasteiger partial charge in [0, 0.05) is 24.5 Å². The van der Waals surface area contributed by atoms with Crippen LogP contribution in [0.25, 0.3) is 11.2 Å². The summed E-state index contributed by atoms with van der Waals surface area (Å²) in [5, 5.41) is 3.51. The van der Waals surface area contributed by atoms with Crippen molar-refractivity contribution in [3.8, 4) is 0 Å². The Labute approximate surface area is 209 Å². The van der Waals surface area contributed by atoms with E-state index in [4.69, 9.17) is 26.1 Å². The van der Waals surface area contributed by atoms with Crippen LogP contribution in [-0.4, -0.2) is 53.9 Å². The van der Waals surface area contributed by atoms with Crippen LogP contribution in [0.5, 0.6) is 0 Å². The first-order valence-electron chi connectivity index (χ1n) is 11.5. The summed E-state index contributed by atoms with van der Waals surface area (Å²) >= 11 is 6.39. The zero-order valence-electron chi connectivity index (χ0n) is 20.1. The summed E-state index contributed by atoms with van der Waals surface area (Å²) < 4.78 is 39.3. The molecule has 5 rings (SSSR count). The van der Waals surface area contributed by atoms with E-state index in [1.165, 1.54) is 6.26 Å². The molecule has 3 aromatic rings. The van der Waals surface area contributed by atoms with Crippen LogP contribution in [0.3, 0.4) is 0 Å². The van der Waals surface area contributed by atoms with Crippen molar-refractivity contribution in [1.82, 2.24) is 14.5 Å². The van der Waals surface area contributed by atoms with Gasteiger partial charge >= 0.3 is 0 Å². The smallest absolute Gasteiger partial charge is 0.216 e. The molecule has 0 bridgehead atoms. The Bertz CT molecular complexity index is 1440. The second kappa shape index (κ2) is 8.76. The molecule has 4 heterocycles. The monoisotopic (exact) mass is 517 g/mol. The maximum atomic E-state index is 12.7. The van der Waals surface area contributed by atoms with Crippen molar-refractivity contribution in [2.24, 2.45) is 4.99 Å². The quantitative estimate of drug-likeness (QED) is 0.484. The van der Waals surface area contributed by atoms with Gasteiger partial charge in [-0.05, 0) is 58.2 Å². The Balaban J connectivity index is 1.57. The van der Waals surface area contributed by atoms with Gasteiger partial charge in [-0.3, -0.25) is 4.57 Å². The molecule has 2 aliphatic heterocycles. The highest BCUT2D eigenvalue weighted by Crippen LogP contribution is 2.35. The number of imidazole rings is 1. The Hall–Kier alpha value is -2.69. The van der Waals surface area contributed by atoms with Crippen LogP contribution in [-0.2, 0) is 19.3 Å². The first-order valence-corrected chi connectivity index (χ1v) is 13.8. The normalized spacial score (nSPS) is 20.0. The van der Waals surface area contributed by atoms with Gasteiger partial charge in [0.2, 0.25) is 5.90 Å². The molecule has 186 valence electrons. The number of benzene rings is 1. The molecule has 0 radical (unpaired) electrons. The van der Waals surface area contributed by atoms with Crippen molar-refractivity contribution in [3.05, 3.63) is 40.8 Å². The van der Waals surface area contributed by atoms with Crippen LogP contribution in [0.4, 0.5) is 11.4 Å². The average Bonchev–Trinajstić information content (AvgIpc) is 3.32. The van der Waals surface area contributed by atoms with Crippen LogP contribution in [0.2, 0.25) is 5.15 Å². The van der Waals surface area contributed by atoms with Gasteiger partial charge in [-0.2, -0.15) is 0 Å². The lowest BCUT2D eigenvalue weighted by atomic mass is 10.1. The lowest BCUT2D eigenvalue weighted by Crippen LogP contribution is -2.24. The SMILES string of the molecule is Cc1nc2c(Nc3ccc(C4=NCC(C)(C)O4)cc3S(C)(=O)=O)cc(Cl)nc2n1C1CCCCO1. The van der Waals surface area contributed by atoms with Crippen molar-refractivity contribution in [2.45, 2.75) is 56.8 Å². The number of aromatic nitrogens is 3. The zero-order chi connectivity index (χ0) is 25.0. The van der Waals surface area contributed by atoms with Gasteiger partial charge < -0.3 is 14.8 Å².